The predicted octanol–water partition coefficient (Wildman–Crippen LogP) is 3.83. The van der Waals surface area contributed by atoms with Crippen LogP contribution in [0.4, 0.5) is 0 Å². The van der Waals surface area contributed by atoms with Crippen LogP contribution < -0.4 is 20.1 Å². The van der Waals surface area contributed by atoms with Gasteiger partial charge in [0.25, 0.3) is 0 Å². The number of para-hydroxylation sites is 1. The number of likely N-dealkylation sites (N-methyl/N-ethyl adjacent to an activating group) is 1. The lowest BCUT2D eigenvalue weighted by atomic mass is 10.1. The molecule has 0 saturated carbocycles. The second-order valence-corrected chi connectivity index (χ2v) is 7.70. The number of ether oxygens (including phenoxy) is 3. The van der Waals surface area contributed by atoms with Crippen LogP contribution in [0.25, 0.3) is 0 Å². The van der Waals surface area contributed by atoms with Gasteiger partial charge in [0, 0.05) is 44.4 Å². The van der Waals surface area contributed by atoms with E-state index in [-0.39, 0.29) is 24.0 Å². The van der Waals surface area contributed by atoms with Gasteiger partial charge in [-0.15, -0.1) is 24.0 Å². The molecule has 0 fully saturated rings. The van der Waals surface area contributed by atoms with Crippen LogP contribution in [0, 0.1) is 6.92 Å². The fourth-order valence-electron chi connectivity index (χ4n) is 3.00. The Morgan fingerprint density at radius 1 is 0.909 bits per heavy atom. The van der Waals surface area contributed by atoms with Crippen molar-refractivity contribution in [1.29, 1.82) is 0 Å². The standard InChI is InChI=1S/C25H38N4O3.HI/c1-6-30-15-16-32-24-17-20(2)11-12-22(24)19-28-25(26-3)27-18-21-9-7-8-10-23(21)31-14-13-29(4)5;/h7-12,17H,6,13-16,18-19H2,1-5H3,(H2,26,27,28);1H. The quantitative estimate of drug-likeness (QED) is 0.165. The van der Waals surface area contributed by atoms with Gasteiger partial charge in [0.15, 0.2) is 5.96 Å². The van der Waals surface area contributed by atoms with Gasteiger partial charge < -0.3 is 29.7 Å². The zero-order valence-corrected chi connectivity index (χ0v) is 22.8. The monoisotopic (exact) mass is 570 g/mol. The molecule has 0 heterocycles. The van der Waals surface area contributed by atoms with Crippen LogP contribution in [0.2, 0.25) is 0 Å². The summed E-state index contributed by atoms with van der Waals surface area (Å²) in [5.74, 6) is 2.47. The second-order valence-electron chi connectivity index (χ2n) is 7.70. The van der Waals surface area contributed by atoms with E-state index in [1.165, 1.54) is 0 Å². The Kier molecular flexibility index (Phi) is 14.5. The lowest BCUT2D eigenvalue weighted by Gasteiger charge is -2.17. The molecule has 7 nitrogen and oxygen atoms in total. The summed E-state index contributed by atoms with van der Waals surface area (Å²) in [4.78, 5) is 6.46. The molecular weight excluding hydrogens is 531 g/mol. The zero-order chi connectivity index (χ0) is 23.2. The third-order valence-corrected chi connectivity index (χ3v) is 4.80. The summed E-state index contributed by atoms with van der Waals surface area (Å²) < 4.78 is 17.3. The number of guanidine groups is 1. The maximum absolute atomic E-state index is 5.96. The molecule has 0 atom stereocenters. The van der Waals surface area contributed by atoms with Crippen molar-refractivity contribution < 1.29 is 14.2 Å². The summed E-state index contributed by atoms with van der Waals surface area (Å²) in [5, 5.41) is 6.75. The Morgan fingerprint density at radius 3 is 2.24 bits per heavy atom. The van der Waals surface area contributed by atoms with Gasteiger partial charge in [0.1, 0.15) is 24.7 Å². The molecule has 0 aromatic heterocycles. The molecule has 0 aliphatic heterocycles. The number of hydrogen-bond acceptors (Lipinski definition) is 5. The Labute approximate surface area is 215 Å². The van der Waals surface area contributed by atoms with E-state index >= 15 is 0 Å². The average molecular weight is 571 g/mol. The smallest absolute Gasteiger partial charge is 0.191 e. The van der Waals surface area contributed by atoms with Crippen molar-refractivity contribution in [3.05, 3.63) is 59.2 Å². The lowest BCUT2D eigenvalue weighted by Crippen LogP contribution is -2.36. The maximum atomic E-state index is 5.96. The number of nitrogens with zero attached hydrogens (tertiary/aromatic N) is 2. The highest BCUT2D eigenvalue weighted by Crippen LogP contribution is 2.20. The van der Waals surface area contributed by atoms with Crippen LogP contribution in [0.5, 0.6) is 11.5 Å². The van der Waals surface area contributed by atoms with Gasteiger partial charge in [-0.2, -0.15) is 0 Å². The van der Waals surface area contributed by atoms with Crippen molar-refractivity contribution in [3.8, 4) is 11.5 Å². The summed E-state index contributed by atoms with van der Waals surface area (Å²) in [6, 6.07) is 14.3. The number of aliphatic imine (C=N–C) groups is 1. The predicted molar refractivity (Wildman–Crippen MR) is 146 cm³/mol. The van der Waals surface area contributed by atoms with Gasteiger partial charge in [-0.05, 0) is 45.6 Å². The van der Waals surface area contributed by atoms with E-state index in [2.05, 4.69) is 51.7 Å². The normalized spacial score (nSPS) is 11.2. The molecule has 0 aliphatic rings. The third kappa shape index (κ3) is 11.1. The van der Waals surface area contributed by atoms with Crippen LogP contribution in [0.15, 0.2) is 47.5 Å². The van der Waals surface area contributed by atoms with Crippen LogP contribution in [-0.4, -0.2) is 65.0 Å². The summed E-state index contributed by atoms with van der Waals surface area (Å²) >= 11 is 0. The highest BCUT2D eigenvalue weighted by molar-refractivity contribution is 14.0. The molecule has 2 rings (SSSR count). The van der Waals surface area contributed by atoms with Crippen LogP contribution in [0.3, 0.4) is 0 Å². The minimum Gasteiger partial charge on any atom is -0.492 e. The Bertz CT molecular complexity index is 846. The molecular formula is C25H39IN4O3. The van der Waals surface area contributed by atoms with Gasteiger partial charge in [0.05, 0.1) is 6.61 Å². The van der Waals surface area contributed by atoms with E-state index in [1.807, 2.05) is 39.2 Å². The first-order valence-corrected chi connectivity index (χ1v) is 11.1. The summed E-state index contributed by atoms with van der Waals surface area (Å²) in [6.07, 6.45) is 0. The van der Waals surface area contributed by atoms with Gasteiger partial charge in [-0.1, -0.05) is 30.3 Å². The fourth-order valence-corrected chi connectivity index (χ4v) is 3.00. The highest BCUT2D eigenvalue weighted by Gasteiger charge is 2.08. The van der Waals surface area contributed by atoms with E-state index in [0.717, 1.165) is 34.7 Å². The van der Waals surface area contributed by atoms with Crippen LogP contribution in [-0.2, 0) is 17.8 Å². The largest absolute Gasteiger partial charge is 0.492 e. The molecule has 2 aromatic carbocycles. The molecule has 0 spiro atoms. The Balaban J connectivity index is 0.00000544. The molecule has 2 aromatic rings. The SMILES string of the molecule is CCOCCOc1cc(C)ccc1CNC(=NC)NCc1ccccc1OCCN(C)C.I. The number of nitrogens with one attached hydrogen (secondary N) is 2. The van der Waals surface area contributed by atoms with E-state index < -0.39 is 0 Å². The number of halogens is 1. The van der Waals surface area contributed by atoms with Gasteiger partial charge in [-0.25, -0.2) is 0 Å². The van der Waals surface area contributed by atoms with Crippen molar-refractivity contribution >= 4 is 29.9 Å². The summed E-state index contributed by atoms with van der Waals surface area (Å²) in [6.45, 7) is 8.58. The van der Waals surface area contributed by atoms with Crippen molar-refractivity contribution in [3.63, 3.8) is 0 Å². The van der Waals surface area contributed by atoms with E-state index in [1.54, 1.807) is 7.05 Å². The van der Waals surface area contributed by atoms with Crippen molar-refractivity contribution in [1.82, 2.24) is 15.5 Å². The van der Waals surface area contributed by atoms with E-state index in [0.29, 0.717) is 45.5 Å². The van der Waals surface area contributed by atoms with E-state index in [4.69, 9.17) is 14.2 Å². The first-order chi connectivity index (χ1) is 15.5. The van der Waals surface area contributed by atoms with Gasteiger partial charge in [-0.3, -0.25) is 4.99 Å². The van der Waals surface area contributed by atoms with Crippen molar-refractivity contribution in [2.24, 2.45) is 4.99 Å². The number of aryl methyl sites for hydroxylation is 1. The van der Waals surface area contributed by atoms with Gasteiger partial charge >= 0.3 is 0 Å². The minimum absolute atomic E-state index is 0. The molecule has 8 heteroatoms. The third-order valence-electron chi connectivity index (χ3n) is 4.80. The average Bonchev–Trinajstić information content (AvgIpc) is 2.78. The summed E-state index contributed by atoms with van der Waals surface area (Å²) in [5.41, 5.74) is 3.32. The molecule has 0 aliphatic carbocycles. The lowest BCUT2D eigenvalue weighted by molar-refractivity contribution is 0.110. The Morgan fingerprint density at radius 2 is 1.58 bits per heavy atom. The topological polar surface area (TPSA) is 67.3 Å². The first-order valence-electron chi connectivity index (χ1n) is 11.1. The van der Waals surface area contributed by atoms with Crippen molar-refractivity contribution in [2.75, 3.05) is 54.1 Å². The maximum Gasteiger partial charge on any atom is 0.191 e. The summed E-state index contributed by atoms with van der Waals surface area (Å²) in [7, 11) is 5.84. The van der Waals surface area contributed by atoms with Gasteiger partial charge in [0.2, 0.25) is 0 Å². The highest BCUT2D eigenvalue weighted by atomic mass is 127. The number of hydrogen-bond donors (Lipinski definition) is 2. The van der Waals surface area contributed by atoms with Crippen LogP contribution in [0.1, 0.15) is 23.6 Å². The molecule has 0 bridgehead atoms. The number of rotatable bonds is 13. The molecule has 0 unspecified atom stereocenters. The first kappa shape index (κ1) is 29.0. The van der Waals surface area contributed by atoms with Crippen LogP contribution >= 0.6 is 24.0 Å². The molecule has 0 saturated heterocycles. The zero-order valence-electron chi connectivity index (χ0n) is 20.5. The molecule has 0 radical (unpaired) electrons. The fraction of sp³-hybridized carbons (Fsp3) is 0.480. The molecule has 2 N–H and O–H groups in total. The molecule has 33 heavy (non-hydrogen) atoms. The second kappa shape index (κ2) is 16.6. The van der Waals surface area contributed by atoms with Crippen molar-refractivity contribution in [2.45, 2.75) is 26.9 Å². The number of benzene rings is 2. The van der Waals surface area contributed by atoms with E-state index in [9.17, 15) is 0 Å². The molecule has 0 amide bonds. The molecule has 184 valence electrons. The Hall–Kier alpha value is -2.04. The minimum atomic E-state index is 0.